The molecular weight excluding hydrogens is 460 g/mol. The Bertz CT molecular complexity index is 1170. The standard InChI is InChI=1S/C21H23ClN2O7S/c1-13-16(21(22)24(23-13)15-8-9-32(27,28)12-15)5-7-20(26)31-11-17(25)14-4-6-18(29-2)19(10-14)30-3/h4-7,10,15H,8-9,11-12H2,1-3H3/b7-5+. The summed E-state index contributed by atoms with van der Waals surface area (Å²) < 4.78 is 40.3. The summed E-state index contributed by atoms with van der Waals surface area (Å²) in [4.78, 5) is 24.4. The van der Waals surface area contributed by atoms with E-state index in [1.54, 1.807) is 19.1 Å². The molecule has 0 amide bonds. The van der Waals surface area contributed by atoms with Crippen LogP contribution in [0.1, 0.15) is 34.1 Å². The molecule has 1 unspecified atom stereocenters. The highest BCUT2D eigenvalue weighted by Gasteiger charge is 2.31. The maximum atomic E-state index is 12.3. The van der Waals surface area contributed by atoms with E-state index in [-0.39, 0.29) is 22.7 Å². The number of esters is 1. The van der Waals surface area contributed by atoms with Gasteiger partial charge in [0.2, 0.25) is 0 Å². The molecule has 1 aliphatic heterocycles. The Balaban J connectivity index is 1.63. The summed E-state index contributed by atoms with van der Waals surface area (Å²) in [7, 11) is -0.152. The summed E-state index contributed by atoms with van der Waals surface area (Å²) in [6.45, 7) is 1.25. The van der Waals surface area contributed by atoms with E-state index in [2.05, 4.69) is 5.10 Å². The number of halogens is 1. The molecule has 11 heteroatoms. The number of hydrogen-bond donors (Lipinski definition) is 0. The number of rotatable bonds is 8. The zero-order valence-corrected chi connectivity index (χ0v) is 19.4. The first kappa shape index (κ1) is 23.8. The van der Waals surface area contributed by atoms with Crippen molar-refractivity contribution in [2.45, 2.75) is 19.4 Å². The third-order valence-electron chi connectivity index (χ3n) is 5.06. The van der Waals surface area contributed by atoms with Gasteiger partial charge >= 0.3 is 5.97 Å². The van der Waals surface area contributed by atoms with Gasteiger partial charge in [0.1, 0.15) is 5.15 Å². The number of carbonyl (C=O) groups is 2. The number of benzene rings is 1. The van der Waals surface area contributed by atoms with Crippen LogP contribution in [0.4, 0.5) is 0 Å². The van der Waals surface area contributed by atoms with E-state index < -0.39 is 28.2 Å². The smallest absolute Gasteiger partial charge is 0.331 e. The minimum absolute atomic E-state index is 0.0166. The molecule has 2 aromatic rings. The summed E-state index contributed by atoms with van der Waals surface area (Å²) in [5.41, 5.74) is 1.34. The van der Waals surface area contributed by atoms with Gasteiger partial charge in [-0.15, -0.1) is 0 Å². The van der Waals surface area contributed by atoms with Crippen LogP contribution in [-0.4, -0.2) is 62.3 Å². The van der Waals surface area contributed by atoms with Crippen molar-refractivity contribution in [1.82, 2.24) is 9.78 Å². The van der Waals surface area contributed by atoms with Crippen LogP contribution >= 0.6 is 11.6 Å². The highest BCUT2D eigenvalue weighted by Crippen LogP contribution is 2.30. The topological polar surface area (TPSA) is 114 Å². The van der Waals surface area contributed by atoms with Gasteiger partial charge in [-0.3, -0.25) is 4.79 Å². The van der Waals surface area contributed by atoms with E-state index in [9.17, 15) is 18.0 Å². The lowest BCUT2D eigenvalue weighted by molar-refractivity contribution is -0.136. The van der Waals surface area contributed by atoms with Gasteiger partial charge in [-0.05, 0) is 37.6 Å². The van der Waals surface area contributed by atoms with E-state index in [4.69, 9.17) is 25.8 Å². The number of carbonyl (C=O) groups excluding carboxylic acids is 2. The number of hydrogen-bond acceptors (Lipinski definition) is 8. The zero-order valence-electron chi connectivity index (χ0n) is 17.8. The molecule has 0 spiro atoms. The van der Waals surface area contributed by atoms with Crippen molar-refractivity contribution in [2.24, 2.45) is 0 Å². The van der Waals surface area contributed by atoms with Crippen molar-refractivity contribution >= 4 is 39.3 Å². The number of nitrogens with zero attached hydrogens (tertiary/aromatic N) is 2. The molecule has 0 bridgehead atoms. The Morgan fingerprint density at radius 2 is 1.97 bits per heavy atom. The normalized spacial score (nSPS) is 17.4. The molecule has 0 saturated carbocycles. The number of sulfone groups is 1. The fourth-order valence-corrected chi connectivity index (χ4v) is 5.43. The Morgan fingerprint density at radius 3 is 2.59 bits per heavy atom. The minimum Gasteiger partial charge on any atom is -0.493 e. The van der Waals surface area contributed by atoms with Crippen molar-refractivity contribution in [1.29, 1.82) is 0 Å². The number of methoxy groups -OCH3 is 2. The Hall–Kier alpha value is -2.85. The second kappa shape index (κ2) is 9.74. The Kier molecular flexibility index (Phi) is 7.25. The zero-order chi connectivity index (χ0) is 23.5. The van der Waals surface area contributed by atoms with Crippen LogP contribution < -0.4 is 9.47 Å². The molecule has 9 nitrogen and oxygen atoms in total. The minimum atomic E-state index is -3.10. The van der Waals surface area contributed by atoms with Gasteiger partial charge in [-0.1, -0.05) is 11.6 Å². The third kappa shape index (κ3) is 5.31. The average Bonchev–Trinajstić information content (AvgIpc) is 3.27. The van der Waals surface area contributed by atoms with E-state index in [0.717, 1.165) is 6.08 Å². The van der Waals surface area contributed by atoms with E-state index in [1.165, 1.54) is 31.0 Å². The third-order valence-corrected chi connectivity index (χ3v) is 7.19. The highest BCUT2D eigenvalue weighted by molar-refractivity contribution is 7.91. The number of aryl methyl sites for hydroxylation is 1. The molecule has 0 N–H and O–H groups in total. The summed E-state index contributed by atoms with van der Waals surface area (Å²) in [6, 6.07) is 4.31. The number of ether oxygens (including phenoxy) is 3. The highest BCUT2D eigenvalue weighted by atomic mass is 35.5. The molecule has 1 fully saturated rings. The quantitative estimate of drug-likeness (QED) is 0.320. The molecule has 0 radical (unpaired) electrons. The number of aromatic nitrogens is 2. The van der Waals surface area contributed by atoms with Crippen LogP contribution in [0.2, 0.25) is 5.15 Å². The van der Waals surface area contributed by atoms with Gasteiger partial charge in [-0.25, -0.2) is 17.9 Å². The first-order valence-electron chi connectivity index (χ1n) is 9.70. The maximum absolute atomic E-state index is 12.3. The fourth-order valence-electron chi connectivity index (χ4n) is 3.36. The molecule has 1 aromatic heterocycles. The van der Waals surface area contributed by atoms with Crippen molar-refractivity contribution in [2.75, 3.05) is 32.3 Å². The molecule has 1 saturated heterocycles. The summed E-state index contributed by atoms with van der Waals surface area (Å²) in [5, 5.41) is 4.57. The lowest BCUT2D eigenvalue weighted by Crippen LogP contribution is -2.13. The Labute approximate surface area is 190 Å². The van der Waals surface area contributed by atoms with Gasteiger partial charge in [0, 0.05) is 17.2 Å². The average molecular weight is 483 g/mol. The SMILES string of the molecule is COc1ccc(C(=O)COC(=O)/C=C/c2c(C)nn(C3CCS(=O)(=O)C3)c2Cl)cc1OC. The summed E-state index contributed by atoms with van der Waals surface area (Å²) >= 11 is 6.37. The van der Waals surface area contributed by atoms with E-state index in [1.807, 2.05) is 0 Å². The number of ketones is 1. The first-order chi connectivity index (χ1) is 15.1. The van der Waals surface area contributed by atoms with Gasteiger partial charge in [0.25, 0.3) is 0 Å². The van der Waals surface area contributed by atoms with Gasteiger partial charge in [0.05, 0.1) is 37.5 Å². The molecule has 3 rings (SSSR count). The van der Waals surface area contributed by atoms with Gasteiger partial charge in [-0.2, -0.15) is 5.10 Å². The molecule has 0 aliphatic carbocycles. The second-order valence-corrected chi connectivity index (χ2v) is 9.81. The Morgan fingerprint density at radius 1 is 1.25 bits per heavy atom. The van der Waals surface area contributed by atoms with Crippen LogP contribution in [0.25, 0.3) is 6.08 Å². The van der Waals surface area contributed by atoms with E-state index in [0.29, 0.717) is 34.7 Å². The molecule has 2 heterocycles. The van der Waals surface area contributed by atoms with Crippen LogP contribution in [0.3, 0.4) is 0 Å². The predicted molar refractivity (Wildman–Crippen MR) is 118 cm³/mol. The monoisotopic (exact) mass is 482 g/mol. The van der Waals surface area contributed by atoms with Gasteiger partial charge < -0.3 is 14.2 Å². The van der Waals surface area contributed by atoms with Crippen molar-refractivity contribution in [3.63, 3.8) is 0 Å². The van der Waals surface area contributed by atoms with Crippen LogP contribution in [0.5, 0.6) is 11.5 Å². The van der Waals surface area contributed by atoms with Crippen molar-refractivity contribution in [3.8, 4) is 11.5 Å². The van der Waals surface area contributed by atoms with Crippen LogP contribution in [-0.2, 0) is 19.4 Å². The molecule has 1 aromatic carbocycles. The van der Waals surface area contributed by atoms with Crippen LogP contribution in [0, 0.1) is 6.92 Å². The molecular formula is C21H23ClN2O7S. The number of Topliss-reactive ketones (excluding diaryl/α,β-unsaturated/α-hetero) is 1. The van der Waals surface area contributed by atoms with Crippen molar-refractivity contribution < 1.29 is 32.2 Å². The molecule has 172 valence electrons. The first-order valence-corrected chi connectivity index (χ1v) is 11.9. The molecule has 1 aliphatic rings. The second-order valence-electron chi connectivity index (χ2n) is 7.23. The summed E-state index contributed by atoms with van der Waals surface area (Å²) in [5.74, 6) is -0.188. The van der Waals surface area contributed by atoms with Gasteiger partial charge in [0.15, 0.2) is 33.7 Å². The largest absolute Gasteiger partial charge is 0.493 e. The summed E-state index contributed by atoms with van der Waals surface area (Å²) in [6.07, 6.45) is 3.02. The lowest BCUT2D eigenvalue weighted by Gasteiger charge is -2.09. The predicted octanol–water partition coefficient (Wildman–Crippen LogP) is 2.66. The van der Waals surface area contributed by atoms with Crippen LogP contribution in [0.15, 0.2) is 24.3 Å². The maximum Gasteiger partial charge on any atom is 0.331 e. The van der Waals surface area contributed by atoms with E-state index >= 15 is 0 Å². The fraction of sp³-hybridized carbons (Fsp3) is 0.381. The molecule has 32 heavy (non-hydrogen) atoms. The molecule has 1 atom stereocenters. The lowest BCUT2D eigenvalue weighted by atomic mass is 10.1. The van der Waals surface area contributed by atoms with Crippen molar-refractivity contribution in [3.05, 3.63) is 46.2 Å².